The average Bonchev–Trinajstić information content (AvgIpc) is 2.63. The molecule has 2 aromatic rings. The van der Waals surface area contributed by atoms with E-state index in [0.29, 0.717) is 6.42 Å². The van der Waals surface area contributed by atoms with Crippen molar-refractivity contribution in [3.05, 3.63) is 53.1 Å². The molecule has 0 saturated carbocycles. The summed E-state index contributed by atoms with van der Waals surface area (Å²) in [7, 11) is 0. The van der Waals surface area contributed by atoms with Crippen LogP contribution in [0.4, 0.5) is 17.1 Å². The maximum Gasteiger partial charge on any atom is 0.236 e. The van der Waals surface area contributed by atoms with Crippen molar-refractivity contribution >= 4 is 29.2 Å². The third-order valence-electron chi connectivity index (χ3n) is 3.68. The van der Waals surface area contributed by atoms with E-state index < -0.39 is 0 Å². The molecule has 3 nitrogen and oxygen atoms in total. The van der Waals surface area contributed by atoms with Crippen molar-refractivity contribution in [3.63, 3.8) is 0 Å². The SMILES string of the molecule is Cc1ccc2c(c1)N=Cc1cccc3c1N2C(=O)C3. The van der Waals surface area contributed by atoms with Crippen molar-refractivity contribution in [3.8, 4) is 0 Å². The van der Waals surface area contributed by atoms with Gasteiger partial charge < -0.3 is 0 Å². The lowest BCUT2D eigenvalue weighted by Crippen LogP contribution is -2.21. The first kappa shape index (κ1) is 10.5. The summed E-state index contributed by atoms with van der Waals surface area (Å²) in [5.41, 5.74) is 5.99. The monoisotopic (exact) mass is 248 g/mol. The number of hydrogen-bond acceptors (Lipinski definition) is 2. The van der Waals surface area contributed by atoms with Crippen LogP contribution in [0.5, 0.6) is 0 Å². The number of nitrogens with zero attached hydrogens (tertiary/aromatic N) is 2. The zero-order valence-corrected chi connectivity index (χ0v) is 10.6. The molecule has 2 aliphatic rings. The standard InChI is InChI=1S/C16H12N2O/c1-10-5-6-14-13(7-10)17-9-12-4-2-3-11-8-15(19)18(14)16(11)12/h2-7,9H,8H2,1H3. The molecule has 0 fully saturated rings. The fourth-order valence-electron chi connectivity index (χ4n) is 2.82. The molecular formula is C16H12N2O. The number of anilines is 2. The van der Waals surface area contributed by atoms with E-state index in [1.165, 1.54) is 0 Å². The smallest absolute Gasteiger partial charge is 0.236 e. The fraction of sp³-hybridized carbons (Fsp3) is 0.125. The zero-order chi connectivity index (χ0) is 13.0. The molecule has 0 spiro atoms. The molecule has 19 heavy (non-hydrogen) atoms. The Morgan fingerprint density at radius 1 is 1.21 bits per heavy atom. The van der Waals surface area contributed by atoms with E-state index in [2.05, 4.69) is 4.99 Å². The molecule has 0 aromatic heterocycles. The number of aryl methyl sites for hydroxylation is 1. The molecule has 0 aliphatic carbocycles. The van der Waals surface area contributed by atoms with Crippen LogP contribution < -0.4 is 4.90 Å². The quantitative estimate of drug-likeness (QED) is 0.704. The van der Waals surface area contributed by atoms with Crippen LogP contribution in [0, 0.1) is 6.92 Å². The molecule has 4 rings (SSSR count). The van der Waals surface area contributed by atoms with Gasteiger partial charge in [-0.25, -0.2) is 0 Å². The van der Waals surface area contributed by atoms with Crippen LogP contribution in [0.2, 0.25) is 0 Å². The Balaban J connectivity index is 2.07. The summed E-state index contributed by atoms with van der Waals surface area (Å²) in [6.45, 7) is 2.03. The number of hydrogen-bond donors (Lipinski definition) is 0. The van der Waals surface area contributed by atoms with E-state index in [1.54, 1.807) is 0 Å². The van der Waals surface area contributed by atoms with Crippen molar-refractivity contribution in [1.82, 2.24) is 0 Å². The molecule has 1 amide bonds. The molecule has 0 atom stereocenters. The first-order valence-corrected chi connectivity index (χ1v) is 6.33. The number of aliphatic imine (C=N–C) groups is 1. The number of rotatable bonds is 0. The minimum atomic E-state index is 0.123. The van der Waals surface area contributed by atoms with Crippen molar-refractivity contribution in [2.75, 3.05) is 4.90 Å². The lowest BCUT2D eigenvalue weighted by atomic mass is 10.1. The molecule has 3 heteroatoms. The van der Waals surface area contributed by atoms with Crippen molar-refractivity contribution < 1.29 is 4.79 Å². The molecule has 0 saturated heterocycles. The highest BCUT2D eigenvalue weighted by atomic mass is 16.2. The topological polar surface area (TPSA) is 32.7 Å². The molecular weight excluding hydrogens is 236 g/mol. The van der Waals surface area contributed by atoms with Crippen LogP contribution in [0.3, 0.4) is 0 Å². The Kier molecular flexibility index (Phi) is 1.96. The summed E-state index contributed by atoms with van der Waals surface area (Å²) < 4.78 is 0. The molecule has 2 heterocycles. The van der Waals surface area contributed by atoms with Gasteiger partial charge in [-0.1, -0.05) is 24.3 Å². The third-order valence-corrected chi connectivity index (χ3v) is 3.68. The van der Waals surface area contributed by atoms with Gasteiger partial charge >= 0.3 is 0 Å². The highest BCUT2D eigenvalue weighted by molar-refractivity contribution is 6.14. The minimum absolute atomic E-state index is 0.123. The molecule has 2 aromatic carbocycles. The number of carbonyl (C=O) groups is 1. The maximum absolute atomic E-state index is 12.3. The van der Waals surface area contributed by atoms with E-state index >= 15 is 0 Å². The predicted octanol–water partition coefficient (Wildman–Crippen LogP) is 3.28. The zero-order valence-electron chi connectivity index (χ0n) is 10.6. The van der Waals surface area contributed by atoms with Gasteiger partial charge in [0.1, 0.15) is 0 Å². The van der Waals surface area contributed by atoms with E-state index in [1.807, 2.05) is 54.4 Å². The van der Waals surface area contributed by atoms with Gasteiger partial charge in [-0.3, -0.25) is 14.7 Å². The highest BCUT2D eigenvalue weighted by Gasteiger charge is 2.32. The van der Waals surface area contributed by atoms with Gasteiger partial charge in [-0.2, -0.15) is 0 Å². The minimum Gasteiger partial charge on any atom is -0.278 e. The van der Waals surface area contributed by atoms with Crippen molar-refractivity contribution in [2.24, 2.45) is 4.99 Å². The van der Waals surface area contributed by atoms with E-state index in [4.69, 9.17) is 0 Å². The van der Waals surface area contributed by atoms with Crippen LogP contribution in [-0.2, 0) is 11.2 Å². The number of amides is 1. The van der Waals surface area contributed by atoms with Gasteiger partial charge in [-0.15, -0.1) is 0 Å². The van der Waals surface area contributed by atoms with Gasteiger partial charge in [0.15, 0.2) is 0 Å². The number of fused-ring (bicyclic) bond motifs is 2. The van der Waals surface area contributed by atoms with E-state index in [-0.39, 0.29) is 5.91 Å². The second-order valence-electron chi connectivity index (χ2n) is 5.01. The van der Waals surface area contributed by atoms with Crippen LogP contribution in [0.1, 0.15) is 16.7 Å². The van der Waals surface area contributed by atoms with Crippen molar-refractivity contribution in [2.45, 2.75) is 13.3 Å². The van der Waals surface area contributed by atoms with Gasteiger partial charge in [-0.05, 0) is 30.2 Å². The molecule has 2 aliphatic heterocycles. The van der Waals surface area contributed by atoms with Crippen LogP contribution >= 0.6 is 0 Å². The lowest BCUT2D eigenvalue weighted by molar-refractivity contribution is -0.116. The second kappa shape index (κ2) is 3.54. The first-order chi connectivity index (χ1) is 9.24. The van der Waals surface area contributed by atoms with E-state index in [0.717, 1.165) is 33.8 Å². The summed E-state index contributed by atoms with van der Waals surface area (Å²) in [6, 6.07) is 12.0. The largest absolute Gasteiger partial charge is 0.278 e. The molecule has 0 radical (unpaired) electrons. The summed E-state index contributed by atoms with van der Waals surface area (Å²) >= 11 is 0. The summed E-state index contributed by atoms with van der Waals surface area (Å²) in [5, 5.41) is 0. The lowest BCUT2D eigenvalue weighted by Gasteiger charge is -2.19. The summed E-state index contributed by atoms with van der Waals surface area (Å²) in [5.74, 6) is 0.123. The van der Waals surface area contributed by atoms with Gasteiger partial charge in [0, 0.05) is 11.8 Å². The first-order valence-electron chi connectivity index (χ1n) is 6.33. The van der Waals surface area contributed by atoms with Crippen LogP contribution in [-0.4, -0.2) is 12.1 Å². The summed E-state index contributed by atoms with van der Waals surface area (Å²) in [6.07, 6.45) is 2.33. The Morgan fingerprint density at radius 3 is 3.00 bits per heavy atom. The van der Waals surface area contributed by atoms with Crippen LogP contribution in [0.25, 0.3) is 0 Å². The highest BCUT2D eigenvalue weighted by Crippen LogP contribution is 2.43. The Hall–Kier alpha value is -2.42. The predicted molar refractivity (Wildman–Crippen MR) is 75.7 cm³/mol. The number of benzene rings is 2. The normalized spacial score (nSPS) is 15.2. The molecule has 0 unspecified atom stereocenters. The third kappa shape index (κ3) is 1.38. The van der Waals surface area contributed by atoms with Crippen molar-refractivity contribution in [1.29, 1.82) is 0 Å². The Morgan fingerprint density at radius 2 is 2.11 bits per heavy atom. The Labute approximate surface area is 111 Å². The molecule has 0 bridgehead atoms. The van der Waals surface area contributed by atoms with Gasteiger partial charge in [0.2, 0.25) is 5.91 Å². The fourth-order valence-corrected chi connectivity index (χ4v) is 2.82. The molecule has 92 valence electrons. The van der Waals surface area contributed by atoms with E-state index in [9.17, 15) is 4.79 Å². The number of para-hydroxylation sites is 1. The molecule has 0 N–H and O–H groups in total. The Bertz CT molecular complexity index is 746. The van der Waals surface area contributed by atoms with Gasteiger partial charge in [0.05, 0.1) is 23.5 Å². The van der Waals surface area contributed by atoms with Gasteiger partial charge in [0.25, 0.3) is 0 Å². The summed E-state index contributed by atoms with van der Waals surface area (Å²) in [4.78, 5) is 18.7. The average molecular weight is 248 g/mol. The maximum atomic E-state index is 12.3. The second-order valence-corrected chi connectivity index (χ2v) is 5.01. The number of carbonyl (C=O) groups excluding carboxylic acids is 1. The van der Waals surface area contributed by atoms with Crippen LogP contribution in [0.15, 0.2) is 41.4 Å².